The first-order valence-electron chi connectivity index (χ1n) is 5.97. The van der Waals surface area contributed by atoms with E-state index < -0.39 is 0 Å². The van der Waals surface area contributed by atoms with Gasteiger partial charge in [0.2, 0.25) is 0 Å². The molecular weight excluding hydrogens is 256 g/mol. The third kappa shape index (κ3) is 1.47. The van der Waals surface area contributed by atoms with Gasteiger partial charge in [0.15, 0.2) is 4.96 Å². The van der Waals surface area contributed by atoms with Gasteiger partial charge in [-0.1, -0.05) is 41.7 Å². The number of benzene rings is 2. The van der Waals surface area contributed by atoms with Crippen LogP contribution in [0.5, 0.6) is 5.75 Å². The number of aromatic nitrogens is 2. The summed E-state index contributed by atoms with van der Waals surface area (Å²) >= 11 is 1.65. The Bertz CT molecular complexity index is 891. The minimum Gasteiger partial charge on any atom is -0.507 e. The van der Waals surface area contributed by atoms with Gasteiger partial charge >= 0.3 is 0 Å². The molecule has 2 aromatic carbocycles. The third-order valence-electron chi connectivity index (χ3n) is 3.24. The summed E-state index contributed by atoms with van der Waals surface area (Å²) in [5.41, 5.74) is 2.97. The first-order valence-corrected chi connectivity index (χ1v) is 6.79. The molecule has 0 spiro atoms. The van der Waals surface area contributed by atoms with Crippen LogP contribution in [0, 0.1) is 0 Å². The summed E-state index contributed by atoms with van der Waals surface area (Å²) in [6, 6.07) is 13.5. The summed E-state index contributed by atoms with van der Waals surface area (Å²) in [6.07, 6.45) is 3.75. The van der Waals surface area contributed by atoms with E-state index in [1.165, 1.54) is 4.70 Å². The Kier molecular flexibility index (Phi) is 2.13. The van der Waals surface area contributed by atoms with E-state index in [-0.39, 0.29) is 0 Å². The zero-order chi connectivity index (χ0) is 12.8. The van der Waals surface area contributed by atoms with E-state index in [1.54, 1.807) is 23.6 Å². The number of aromatic hydroxyl groups is 1. The van der Waals surface area contributed by atoms with E-state index in [0.29, 0.717) is 5.75 Å². The Hall–Kier alpha value is -2.33. The van der Waals surface area contributed by atoms with Gasteiger partial charge < -0.3 is 5.11 Å². The monoisotopic (exact) mass is 266 g/mol. The standard InChI is InChI=1S/C15H10N2OS/c18-12-6-2-1-4-10(12)11-5-3-7-13-14(11)17-9-8-16-15(17)19-13/h1-9,18H. The summed E-state index contributed by atoms with van der Waals surface area (Å²) in [5, 5.41) is 10.1. The van der Waals surface area contributed by atoms with Crippen LogP contribution in [0.1, 0.15) is 0 Å². The third-order valence-corrected chi connectivity index (χ3v) is 4.28. The van der Waals surface area contributed by atoms with Crippen LogP contribution in [0.3, 0.4) is 0 Å². The fraction of sp³-hybridized carbons (Fsp3) is 0. The molecule has 0 atom stereocenters. The van der Waals surface area contributed by atoms with Crippen LogP contribution in [0.25, 0.3) is 26.3 Å². The molecule has 0 aliphatic heterocycles. The van der Waals surface area contributed by atoms with Gasteiger partial charge in [-0.15, -0.1) is 0 Å². The highest BCUT2D eigenvalue weighted by atomic mass is 32.1. The van der Waals surface area contributed by atoms with E-state index in [9.17, 15) is 5.11 Å². The number of nitrogens with zero attached hydrogens (tertiary/aromatic N) is 2. The molecule has 0 aliphatic carbocycles. The van der Waals surface area contributed by atoms with Gasteiger partial charge in [0.05, 0.1) is 10.2 Å². The summed E-state index contributed by atoms with van der Waals surface area (Å²) in [4.78, 5) is 5.30. The lowest BCUT2D eigenvalue weighted by molar-refractivity contribution is 0.477. The van der Waals surface area contributed by atoms with Crippen molar-refractivity contribution in [3.63, 3.8) is 0 Å². The molecule has 0 radical (unpaired) electrons. The predicted molar refractivity (Wildman–Crippen MR) is 77.7 cm³/mol. The highest BCUT2D eigenvalue weighted by Crippen LogP contribution is 2.37. The average molecular weight is 266 g/mol. The molecule has 19 heavy (non-hydrogen) atoms. The lowest BCUT2D eigenvalue weighted by Crippen LogP contribution is -1.84. The highest BCUT2D eigenvalue weighted by Gasteiger charge is 2.12. The number of imidazole rings is 1. The number of para-hydroxylation sites is 2. The van der Waals surface area contributed by atoms with Gasteiger partial charge in [-0.25, -0.2) is 4.98 Å². The van der Waals surface area contributed by atoms with Gasteiger partial charge in [-0.2, -0.15) is 0 Å². The number of hydrogen-bond donors (Lipinski definition) is 1. The topological polar surface area (TPSA) is 37.5 Å². The van der Waals surface area contributed by atoms with E-state index in [2.05, 4.69) is 15.5 Å². The number of rotatable bonds is 1. The van der Waals surface area contributed by atoms with Crippen molar-refractivity contribution >= 4 is 26.5 Å². The number of thiazole rings is 1. The van der Waals surface area contributed by atoms with E-state index in [1.807, 2.05) is 36.5 Å². The number of phenols is 1. The average Bonchev–Trinajstić information content (AvgIpc) is 2.99. The highest BCUT2D eigenvalue weighted by molar-refractivity contribution is 7.23. The summed E-state index contributed by atoms with van der Waals surface area (Å²) in [6.45, 7) is 0. The molecule has 4 rings (SSSR count). The molecular formula is C15H10N2OS. The second-order valence-corrected chi connectivity index (χ2v) is 5.36. The van der Waals surface area contributed by atoms with E-state index >= 15 is 0 Å². The maximum absolute atomic E-state index is 10.1. The van der Waals surface area contributed by atoms with Crippen LogP contribution in [0.15, 0.2) is 54.9 Å². The van der Waals surface area contributed by atoms with Gasteiger partial charge in [-0.05, 0) is 12.1 Å². The van der Waals surface area contributed by atoms with Crippen molar-refractivity contribution in [1.29, 1.82) is 0 Å². The predicted octanol–water partition coefficient (Wildman–Crippen LogP) is 3.92. The molecule has 92 valence electrons. The SMILES string of the molecule is Oc1ccccc1-c1cccc2sc3nccn3c12. The van der Waals surface area contributed by atoms with Gasteiger partial charge in [0.25, 0.3) is 0 Å². The minimum atomic E-state index is 0.300. The molecule has 2 aromatic heterocycles. The first kappa shape index (κ1) is 10.6. The molecule has 3 nitrogen and oxygen atoms in total. The van der Waals surface area contributed by atoms with Crippen LogP contribution in [0.4, 0.5) is 0 Å². The van der Waals surface area contributed by atoms with E-state index in [0.717, 1.165) is 21.6 Å². The van der Waals surface area contributed by atoms with Crippen LogP contribution in [-0.2, 0) is 0 Å². The molecule has 0 saturated heterocycles. The Labute approximate surface area is 113 Å². The maximum atomic E-state index is 10.1. The molecule has 4 aromatic rings. The summed E-state index contributed by atoms with van der Waals surface area (Å²) in [7, 11) is 0. The van der Waals surface area contributed by atoms with Gasteiger partial charge in [0, 0.05) is 23.5 Å². The number of fused-ring (bicyclic) bond motifs is 3. The molecule has 0 aliphatic rings. The van der Waals surface area contributed by atoms with Crippen molar-refractivity contribution in [2.24, 2.45) is 0 Å². The molecule has 1 N–H and O–H groups in total. The Balaban J connectivity index is 2.17. The second-order valence-electron chi connectivity index (χ2n) is 4.35. The maximum Gasteiger partial charge on any atom is 0.194 e. The Morgan fingerprint density at radius 2 is 1.84 bits per heavy atom. The smallest absolute Gasteiger partial charge is 0.194 e. The van der Waals surface area contributed by atoms with Gasteiger partial charge in [-0.3, -0.25) is 4.40 Å². The van der Waals surface area contributed by atoms with Crippen LogP contribution in [0.2, 0.25) is 0 Å². The number of hydrogen-bond acceptors (Lipinski definition) is 3. The quantitative estimate of drug-likeness (QED) is 0.567. The zero-order valence-electron chi connectivity index (χ0n) is 9.95. The normalized spacial score (nSPS) is 11.4. The largest absolute Gasteiger partial charge is 0.507 e. The molecule has 4 heteroatoms. The summed E-state index contributed by atoms with van der Waals surface area (Å²) in [5.74, 6) is 0.300. The van der Waals surface area contributed by atoms with Gasteiger partial charge in [0.1, 0.15) is 5.75 Å². The van der Waals surface area contributed by atoms with Crippen molar-refractivity contribution in [2.45, 2.75) is 0 Å². The molecule has 0 saturated carbocycles. The van der Waals surface area contributed by atoms with Crippen LogP contribution < -0.4 is 0 Å². The molecule has 0 fully saturated rings. The molecule has 2 heterocycles. The van der Waals surface area contributed by atoms with Crippen molar-refractivity contribution in [3.8, 4) is 16.9 Å². The van der Waals surface area contributed by atoms with Crippen molar-refractivity contribution in [2.75, 3.05) is 0 Å². The fourth-order valence-corrected chi connectivity index (χ4v) is 3.42. The van der Waals surface area contributed by atoms with Crippen LogP contribution >= 0.6 is 11.3 Å². The van der Waals surface area contributed by atoms with Crippen molar-refractivity contribution in [1.82, 2.24) is 9.38 Å². The zero-order valence-corrected chi connectivity index (χ0v) is 10.8. The summed E-state index contributed by atoms with van der Waals surface area (Å²) < 4.78 is 3.24. The van der Waals surface area contributed by atoms with Crippen LogP contribution in [-0.4, -0.2) is 14.5 Å². The van der Waals surface area contributed by atoms with E-state index in [4.69, 9.17) is 0 Å². The molecule has 0 amide bonds. The fourth-order valence-electron chi connectivity index (χ4n) is 2.41. The Morgan fingerprint density at radius 1 is 1.00 bits per heavy atom. The lowest BCUT2D eigenvalue weighted by atomic mass is 10.0. The second kappa shape index (κ2) is 3.83. The molecule has 0 bridgehead atoms. The molecule has 0 unspecified atom stereocenters. The Morgan fingerprint density at radius 3 is 2.74 bits per heavy atom. The minimum absolute atomic E-state index is 0.300. The number of phenolic OH excluding ortho intramolecular Hbond substituents is 1. The van der Waals surface area contributed by atoms with Crippen molar-refractivity contribution in [3.05, 3.63) is 54.9 Å². The van der Waals surface area contributed by atoms with Crippen molar-refractivity contribution < 1.29 is 5.11 Å². The lowest BCUT2D eigenvalue weighted by Gasteiger charge is -2.06. The first-order chi connectivity index (χ1) is 9.34.